The molecule has 4 aromatic heterocycles. The summed E-state index contributed by atoms with van der Waals surface area (Å²) in [6.07, 6.45) is 18.0. The number of esters is 1. The van der Waals surface area contributed by atoms with E-state index in [1.807, 2.05) is 74.7 Å². The Kier molecular flexibility index (Phi) is 38.8. The van der Waals surface area contributed by atoms with Crippen LogP contribution in [0.2, 0.25) is 0 Å². The van der Waals surface area contributed by atoms with Crippen LogP contribution in [-0.4, -0.2) is 276 Å². The largest absolute Gasteiger partial charge is 0.495 e. The SMILES string of the molecule is COc1cccc2cc(-c3nc([C@H]4CC[C@H](C(=O)NCCOCCOCCOCCOCCOCCOCCn5cc(CCCCO[C@@H]6CC[C@@H](C[C@@H](N)[C@@H]7CC(=O)[C@H](C)/C=C(\C)[C@@H](O)[C@@H](O)C(=O)[C@H](C)C[C@H](C)/C=C/C=C/C=C(\C)[C@@H](OC)C[C@@H]8CC[C@@H](C)[C@@](O)(O8)C(=O)C(=O)N8CCCC[C@H]8C(=O)O7)C[C@H]6OC)nn5)CC4)n4ncnc(N)c34)[nH]c12. The number of benzene rings is 1. The third-order valence-electron chi connectivity index (χ3n) is 24.6. The molecule has 0 radical (unpaired) electrons. The number of para-hydroxylation sites is 1. The van der Waals surface area contributed by atoms with Gasteiger partial charge in [-0.25, -0.2) is 24.0 Å². The van der Waals surface area contributed by atoms with Gasteiger partial charge >= 0.3 is 5.97 Å². The van der Waals surface area contributed by atoms with Crippen molar-refractivity contribution in [2.75, 3.05) is 126 Å². The van der Waals surface area contributed by atoms with Gasteiger partial charge in [0.1, 0.15) is 59.2 Å². The van der Waals surface area contributed by atoms with E-state index < -0.39 is 95.4 Å². The number of rotatable bonds is 36. The van der Waals surface area contributed by atoms with E-state index in [1.54, 1.807) is 51.3 Å². The predicted molar refractivity (Wildman–Crippen MR) is 458 cm³/mol. The topological polar surface area (TPSA) is 431 Å². The van der Waals surface area contributed by atoms with Crippen molar-refractivity contribution in [1.29, 1.82) is 0 Å². The Bertz CT molecular complexity index is 4310. The summed E-state index contributed by atoms with van der Waals surface area (Å²) < 4.78 is 74.0. The number of allylic oxidation sites excluding steroid dienone is 6. The molecule has 2 saturated heterocycles. The summed E-state index contributed by atoms with van der Waals surface area (Å²) in [6, 6.07) is 5.76. The number of ether oxygens (including phenoxy) is 12. The number of nitrogens with zero attached hydrogens (tertiary/aromatic N) is 8. The number of piperidine rings is 1. The van der Waals surface area contributed by atoms with Crippen LogP contribution in [0.25, 0.3) is 27.8 Å². The smallest absolute Gasteiger partial charge is 0.329 e. The first kappa shape index (κ1) is 97.1. The van der Waals surface area contributed by atoms with Crippen LogP contribution in [0.15, 0.2) is 84.4 Å². The average Bonchev–Trinajstić information content (AvgIpc) is 1.59. The van der Waals surface area contributed by atoms with E-state index in [4.69, 9.17) is 73.3 Å². The van der Waals surface area contributed by atoms with Crippen LogP contribution < -0.4 is 21.5 Å². The second-order valence-corrected chi connectivity index (χ2v) is 33.7. The fraction of sp³-hybridized carbons (Fsp3) is 0.678. The van der Waals surface area contributed by atoms with E-state index in [0.29, 0.717) is 180 Å². The molecule has 3 aliphatic heterocycles. The summed E-state index contributed by atoms with van der Waals surface area (Å²) in [5, 5.41) is 51.9. The zero-order chi connectivity index (χ0) is 88.0. The molecule has 33 heteroatoms. The monoisotopic (exact) mass is 1720 g/mol. The number of ketones is 3. The Balaban J connectivity index is 0.568. The van der Waals surface area contributed by atoms with Crippen molar-refractivity contribution in [3.05, 3.63) is 95.9 Å². The molecule has 5 aromatic rings. The third-order valence-corrected chi connectivity index (χ3v) is 24.6. The number of methoxy groups -OCH3 is 3. The normalized spacial score (nSPS) is 28.9. The maximum absolute atomic E-state index is 14.7. The number of unbranched alkanes of at least 4 members (excludes halogenated alkanes) is 1. The quantitative estimate of drug-likeness (QED) is 0.00859. The van der Waals surface area contributed by atoms with Crippen molar-refractivity contribution >= 4 is 57.4 Å². The highest BCUT2D eigenvalue weighted by atomic mass is 16.6. The van der Waals surface area contributed by atoms with Gasteiger partial charge in [-0.2, -0.15) is 5.10 Å². The summed E-state index contributed by atoms with van der Waals surface area (Å²) in [5.74, 6) is -6.98. The highest BCUT2D eigenvalue weighted by Crippen LogP contribution is 2.42. The van der Waals surface area contributed by atoms with E-state index in [1.165, 1.54) is 19.3 Å². The van der Waals surface area contributed by atoms with Crippen LogP contribution in [-0.2, 0) is 93.8 Å². The number of cyclic esters (lactones) is 1. The molecule has 2 bridgehead atoms. The number of anilines is 1. The van der Waals surface area contributed by atoms with Crippen molar-refractivity contribution in [2.45, 2.75) is 237 Å². The van der Waals surface area contributed by atoms with Crippen molar-refractivity contribution in [2.24, 2.45) is 41.2 Å². The lowest BCUT2D eigenvalue weighted by atomic mass is 9.80. The molecule has 2 aliphatic carbocycles. The number of hydrogen-bond donors (Lipinski definition) is 7. The van der Waals surface area contributed by atoms with Gasteiger partial charge in [-0.05, 0) is 158 Å². The third kappa shape index (κ3) is 27.7. The summed E-state index contributed by atoms with van der Waals surface area (Å²) in [6.45, 7) is 16.8. The van der Waals surface area contributed by atoms with Gasteiger partial charge in [0.2, 0.25) is 11.7 Å². The Hall–Kier alpha value is -8.13. The standard InChI is InChI=1S/C90H134N12O21/c1-57-18-11-10-12-19-58(2)75(113-8)53-68-30-24-62(6)90(111,123-68)84(107)88(109)101-33-15-13-22-71(101)89(110)122-76(54-72(103)59(3)49-61(5)82(105)83(106)81(104)60(4)48-57)69(91)50-63-25-31-73(77(51-63)114-9)121-35-16-14-21-67-55-100(99-98-67)34-37-116-39-41-118-43-45-120-47-46-119-44-42-117-40-38-115-36-32-93-87(108)65-28-26-64(27-29-65)86-97-79(80-85(92)94-56-95-102(80)86)70-52-66-20-17-23-74(112-7)78(66)96-70/h10-12,17-20,23,49,52,55-57,59-60,62-65,68-69,71,73,75-77,82-83,96,105-106,111H,13-16,21-22,24-48,50-51,53-54,91H2,1-9H3,(H,93,108)(H2,92,94,95)/b12-10+,18-11+,58-19+,61-49+/t57-,59-,60-,62-,63+,64-,65-,68+,69-,71+,73-,75+,76+,77-,82-,83+,90-/m1/s1. The van der Waals surface area contributed by atoms with E-state index in [9.17, 15) is 44.1 Å². The van der Waals surface area contributed by atoms with Gasteiger partial charge in [-0.1, -0.05) is 81.5 Å². The van der Waals surface area contributed by atoms with Gasteiger partial charge in [-0.3, -0.25) is 24.0 Å². The number of aliphatic hydroxyl groups excluding tert-OH is 2. The number of amides is 2. The number of Topliss-reactive ketones (excluding diaryl/α,β-unsaturated/α-hetero) is 3. The lowest BCUT2D eigenvalue weighted by molar-refractivity contribution is -0.265. The van der Waals surface area contributed by atoms with Crippen LogP contribution in [0.5, 0.6) is 5.75 Å². The van der Waals surface area contributed by atoms with Crippen LogP contribution in [0, 0.1) is 35.5 Å². The van der Waals surface area contributed by atoms with Gasteiger partial charge in [-0.15, -0.1) is 5.10 Å². The van der Waals surface area contributed by atoms with Crippen LogP contribution in [0.4, 0.5) is 5.82 Å². The number of imidazole rings is 1. The van der Waals surface area contributed by atoms with Gasteiger partial charge in [0, 0.05) is 94.0 Å². The molecule has 4 fully saturated rings. The molecule has 5 aliphatic rings. The molecule has 15 atom stereocenters. The average molecular weight is 1720 g/mol. The number of aliphatic hydroxyl groups is 3. The summed E-state index contributed by atoms with van der Waals surface area (Å²) in [4.78, 5) is 98.7. The number of H-pyrrole nitrogens is 1. The van der Waals surface area contributed by atoms with Gasteiger partial charge in [0.05, 0.1) is 134 Å². The molecule has 7 heterocycles. The predicted octanol–water partition coefficient (Wildman–Crippen LogP) is 8.22. The molecule has 0 unspecified atom stereocenters. The molecule has 1 aromatic carbocycles. The number of fused-ring (bicyclic) bond motifs is 5. The van der Waals surface area contributed by atoms with E-state index in [0.717, 1.165) is 82.9 Å². The molecule has 2 saturated carbocycles. The van der Waals surface area contributed by atoms with E-state index >= 15 is 0 Å². The van der Waals surface area contributed by atoms with E-state index in [-0.39, 0.29) is 73.2 Å². The number of carbonyl (C=O) groups excluding carboxylic acids is 6. The summed E-state index contributed by atoms with van der Waals surface area (Å²) in [7, 11) is 4.85. The highest BCUT2D eigenvalue weighted by molar-refractivity contribution is 6.39. The Morgan fingerprint density at radius 3 is 2.17 bits per heavy atom. The molecule has 2 amide bonds. The number of nitrogens with one attached hydrogen (secondary N) is 2. The number of aryl methyl sites for hydroxylation is 1. The molecule has 0 spiro atoms. The zero-order valence-electron chi connectivity index (χ0n) is 73.3. The van der Waals surface area contributed by atoms with Crippen molar-refractivity contribution in [1.82, 2.24) is 49.8 Å². The zero-order valence-corrected chi connectivity index (χ0v) is 73.3. The fourth-order valence-electron chi connectivity index (χ4n) is 17.3. The first-order chi connectivity index (χ1) is 59.4. The Morgan fingerprint density at radius 1 is 0.764 bits per heavy atom. The Morgan fingerprint density at radius 2 is 1.47 bits per heavy atom. The van der Waals surface area contributed by atoms with Crippen molar-refractivity contribution in [3.8, 4) is 17.1 Å². The van der Waals surface area contributed by atoms with Crippen LogP contribution in [0.3, 0.4) is 0 Å². The number of hydrogen-bond acceptors (Lipinski definition) is 28. The molecular weight excluding hydrogens is 1590 g/mol. The molecule has 680 valence electrons. The number of nitrogens with two attached hydrogens (primary N) is 2. The number of aromatic nitrogens is 8. The van der Waals surface area contributed by atoms with E-state index in [2.05, 4.69) is 30.7 Å². The van der Waals surface area contributed by atoms with Crippen molar-refractivity contribution < 1.29 is 101 Å². The van der Waals surface area contributed by atoms with Gasteiger partial charge in [0.25, 0.3) is 11.7 Å². The lowest BCUT2D eigenvalue weighted by Gasteiger charge is -2.42. The minimum absolute atomic E-state index is 0.0267. The van der Waals surface area contributed by atoms with Crippen LogP contribution >= 0.6 is 0 Å². The highest BCUT2D eigenvalue weighted by Gasteiger charge is 2.53. The maximum Gasteiger partial charge on any atom is 0.329 e. The molecule has 123 heavy (non-hydrogen) atoms. The maximum atomic E-state index is 14.7. The molecule has 33 nitrogen and oxygen atoms in total. The van der Waals surface area contributed by atoms with Gasteiger partial charge < -0.3 is 98.8 Å². The van der Waals surface area contributed by atoms with Gasteiger partial charge in [0.15, 0.2) is 11.6 Å². The fourth-order valence-corrected chi connectivity index (χ4v) is 17.3. The Labute approximate surface area is 721 Å². The number of nitrogen functional groups attached to an aromatic ring is 1. The second kappa shape index (κ2) is 49.1. The molecule has 9 N–H and O–H groups in total. The van der Waals surface area contributed by atoms with Crippen molar-refractivity contribution in [3.63, 3.8) is 0 Å². The number of aromatic amines is 1. The van der Waals surface area contributed by atoms with Crippen LogP contribution in [0.1, 0.15) is 175 Å². The number of carbonyl (C=O) groups is 6. The minimum Gasteiger partial charge on any atom is -0.495 e. The summed E-state index contributed by atoms with van der Waals surface area (Å²) in [5.41, 5.74) is 18.4. The second-order valence-electron chi connectivity index (χ2n) is 33.7. The lowest BCUT2D eigenvalue weighted by Crippen LogP contribution is -2.61. The summed E-state index contributed by atoms with van der Waals surface area (Å²) >= 11 is 0. The first-order valence-electron chi connectivity index (χ1n) is 44.2. The molecular formula is C90H134N12O21. The first-order valence-corrected chi connectivity index (χ1v) is 44.2. The minimum atomic E-state index is -2.49. The molecule has 10 rings (SSSR count).